The van der Waals surface area contributed by atoms with Gasteiger partial charge in [0, 0.05) is 49.9 Å². The van der Waals surface area contributed by atoms with Crippen molar-refractivity contribution in [3.63, 3.8) is 0 Å². The lowest BCUT2D eigenvalue weighted by molar-refractivity contribution is 0.0525. The highest BCUT2D eigenvalue weighted by Crippen LogP contribution is 2.19. The second-order valence-corrected chi connectivity index (χ2v) is 6.03. The van der Waals surface area contributed by atoms with Gasteiger partial charge in [-0.25, -0.2) is 0 Å². The molecule has 0 saturated carbocycles. The van der Waals surface area contributed by atoms with E-state index in [1.54, 1.807) is 6.20 Å². The van der Waals surface area contributed by atoms with Crippen molar-refractivity contribution in [3.05, 3.63) is 42.1 Å². The van der Waals surface area contributed by atoms with Gasteiger partial charge < -0.3 is 10.0 Å². The first-order valence-corrected chi connectivity index (χ1v) is 8.22. The summed E-state index contributed by atoms with van der Waals surface area (Å²) >= 11 is 0. The van der Waals surface area contributed by atoms with E-state index in [4.69, 9.17) is 0 Å². The number of nitrogens with zero attached hydrogens (tertiary/aromatic N) is 3. The minimum Gasteiger partial charge on any atom is -0.392 e. The Morgan fingerprint density at radius 3 is 2.74 bits per heavy atom. The van der Waals surface area contributed by atoms with E-state index in [0.29, 0.717) is 19.6 Å². The third-order valence-corrected chi connectivity index (χ3v) is 4.48. The number of hydrogen-bond donors (Lipinski definition) is 1. The monoisotopic (exact) mass is 313 g/mol. The van der Waals surface area contributed by atoms with Crippen LogP contribution in [0.2, 0.25) is 0 Å². The van der Waals surface area contributed by atoms with Gasteiger partial charge in [0.1, 0.15) is 0 Å². The van der Waals surface area contributed by atoms with Crippen LogP contribution >= 0.6 is 0 Å². The summed E-state index contributed by atoms with van der Waals surface area (Å²) in [6, 6.07) is 9.50. The molecule has 0 unspecified atom stereocenters. The van der Waals surface area contributed by atoms with Crippen LogP contribution in [0.3, 0.4) is 0 Å². The van der Waals surface area contributed by atoms with E-state index < -0.39 is 0 Å². The molecular weight excluding hydrogens is 290 g/mol. The summed E-state index contributed by atoms with van der Waals surface area (Å²) in [7, 11) is 0. The van der Waals surface area contributed by atoms with Crippen LogP contribution in [0.5, 0.6) is 0 Å². The molecule has 0 spiro atoms. The molecule has 1 fully saturated rings. The third kappa shape index (κ3) is 3.51. The van der Waals surface area contributed by atoms with Crippen molar-refractivity contribution >= 4 is 16.8 Å². The average Bonchev–Trinajstić information content (AvgIpc) is 2.61. The van der Waals surface area contributed by atoms with Gasteiger partial charge in [0.05, 0.1) is 11.6 Å². The molecule has 1 aliphatic heterocycles. The van der Waals surface area contributed by atoms with Crippen LogP contribution in [-0.4, -0.2) is 64.6 Å². The number of hydrogen-bond acceptors (Lipinski definition) is 4. The number of fused-ring (bicyclic) bond motifs is 1. The number of aliphatic hydroxyl groups is 1. The van der Waals surface area contributed by atoms with Gasteiger partial charge >= 0.3 is 0 Å². The van der Waals surface area contributed by atoms with Gasteiger partial charge in [-0.1, -0.05) is 19.1 Å². The zero-order chi connectivity index (χ0) is 16.2. The molecule has 0 bridgehead atoms. The lowest BCUT2D eigenvalue weighted by Crippen LogP contribution is -2.50. The highest BCUT2D eigenvalue weighted by atomic mass is 16.3. The van der Waals surface area contributed by atoms with Gasteiger partial charge in [0.25, 0.3) is 5.91 Å². The first kappa shape index (κ1) is 15.9. The second-order valence-electron chi connectivity index (χ2n) is 6.03. The van der Waals surface area contributed by atoms with Gasteiger partial charge in [-0.3, -0.25) is 14.7 Å². The van der Waals surface area contributed by atoms with Gasteiger partial charge in [-0.05, 0) is 24.6 Å². The van der Waals surface area contributed by atoms with Crippen LogP contribution in [0, 0.1) is 0 Å². The quantitative estimate of drug-likeness (QED) is 0.934. The van der Waals surface area contributed by atoms with E-state index >= 15 is 0 Å². The number of rotatable bonds is 4. The first-order valence-electron chi connectivity index (χ1n) is 8.22. The molecule has 1 amide bonds. The molecule has 1 aliphatic rings. The summed E-state index contributed by atoms with van der Waals surface area (Å²) in [5, 5.41) is 10.7. The van der Waals surface area contributed by atoms with E-state index in [1.807, 2.05) is 42.2 Å². The fourth-order valence-electron chi connectivity index (χ4n) is 3.02. The topological polar surface area (TPSA) is 56.7 Å². The lowest BCUT2D eigenvalue weighted by Gasteiger charge is -2.35. The molecule has 1 aromatic carbocycles. The Morgan fingerprint density at radius 1 is 1.22 bits per heavy atom. The maximum atomic E-state index is 12.8. The second kappa shape index (κ2) is 7.06. The molecule has 122 valence electrons. The van der Waals surface area contributed by atoms with E-state index in [0.717, 1.165) is 36.0 Å². The number of aliphatic hydroxyl groups excluding tert-OH is 1. The number of β-amino-alcohol motifs (C(OH)–C–C–N with tert-alkyl or cyclic N) is 1. The lowest BCUT2D eigenvalue weighted by atomic mass is 10.1. The first-order chi connectivity index (χ1) is 11.2. The van der Waals surface area contributed by atoms with E-state index in [9.17, 15) is 9.90 Å². The van der Waals surface area contributed by atoms with Gasteiger partial charge in [-0.15, -0.1) is 0 Å². The van der Waals surface area contributed by atoms with Crippen molar-refractivity contribution in [2.24, 2.45) is 0 Å². The predicted octanol–water partition coefficient (Wildman–Crippen LogP) is 1.76. The zero-order valence-corrected chi connectivity index (χ0v) is 13.5. The molecule has 3 rings (SSSR count). The molecule has 1 N–H and O–H groups in total. The third-order valence-electron chi connectivity index (χ3n) is 4.48. The number of carbonyl (C=O) groups is 1. The predicted molar refractivity (Wildman–Crippen MR) is 90.4 cm³/mol. The fourth-order valence-corrected chi connectivity index (χ4v) is 3.02. The summed E-state index contributed by atoms with van der Waals surface area (Å²) in [5.74, 6) is 0.0688. The Kier molecular flexibility index (Phi) is 4.88. The molecule has 1 atom stereocenters. The van der Waals surface area contributed by atoms with Crippen LogP contribution in [0.25, 0.3) is 10.9 Å². The largest absolute Gasteiger partial charge is 0.392 e. The summed E-state index contributed by atoms with van der Waals surface area (Å²) in [4.78, 5) is 21.3. The molecule has 1 saturated heterocycles. The Labute approximate surface area is 136 Å². The summed E-state index contributed by atoms with van der Waals surface area (Å²) < 4.78 is 0. The zero-order valence-electron chi connectivity index (χ0n) is 13.5. The Balaban J connectivity index is 1.70. The maximum Gasteiger partial charge on any atom is 0.254 e. The van der Waals surface area contributed by atoms with Gasteiger partial charge in [0.15, 0.2) is 0 Å². The summed E-state index contributed by atoms with van der Waals surface area (Å²) in [6.45, 7) is 5.70. The molecular formula is C18H23N3O2. The molecule has 2 aromatic rings. The van der Waals surface area contributed by atoms with Crippen molar-refractivity contribution in [1.29, 1.82) is 0 Å². The highest BCUT2D eigenvalue weighted by Gasteiger charge is 2.24. The Hall–Kier alpha value is -1.98. The number of piperazine rings is 1. The SMILES string of the molecule is CC[C@@H](O)CN1CCN(C(=O)c2cccc3ncccc23)CC1. The number of carbonyl (C=O) groups excluding carboxylic acids is 1. The smallest absolute Gasteiger partial charge is 0.254 e. The molecule has 0 aliphatic carbocycles. The molecule has 5 heteroatoms. The highest BCUT2D eigenvalue weighted by molar-refractivity contribution is 6.06. The molecule has 0 radical (unpaired) electrons. The Morgan fingerprint density at radius 2 is 2.00 bits per heavy atom. The van der Waals surface area contributed by atoms with Crippen LogP contribution in [0.1, 0.15) is 23.7 Å². The summed E-state index contributed by atoms with van der Waals surface area (Å²) in [5.41, 5.74) is 1.57. The van der Waals surface area contributed by atoms with E-state index in [2.05, 4.69) is 9.88 Å². The molecule has 1 aromatic heterocycles. The maximum absolute atomic E-state index is 12.8. The van der Waals surface area contributed by atoms with Crippen molar-refractivity contribution in [2.45, 2.75) is 19.4 Å². The van der Waals surface area contributed by atoms with E-state index in [-0.39, 0.29) is 12.0 Å². The molecule has 2 heterocycles. The number of aromatic nitrogens is 1. The van der Waals surface area contributed by atoms with Crippen molar-refractivity contribution in [3.8, 4) is 0 Å². The number of benzene rings is 1. The van der Waals surface area contributed by atoms with Crippen molar-refractivity contribution in [1.82, 2.24) is 14.8 Å². The van der Waals surface area contributed by atoms with Gasteiger partial charge in [0.2, 0.25) is 0 Å². The molecule has 5 nitrogen and oxygen atoms in total. The van der Waals surface area contributed by atoms with E-state index in [1.165, 1.54) is 0 Å². The molecule has 23 heavy (non-hydrogen) atoms. The van der Waals surface area contributed by atoms with Crippen molar-refractivity contribution in [2.75, 3.05) is 32.7 Å². The summed E-state index contributed by atoms with van der Waals surface area (Å²) in [6.07, 6.45) is 2.23. The van der Waals surface area contributed by atoms with Crippen LogP contribution in [0.15, 0.2) is 36.5 Å². The fraction of sp³-hybridized carbons (Fsp3) is 0.444. The number of pyridine rings is 1. The van der Waals surface area contributed by atoms with Crippen LogP contribution < -0.4 is 0 Å². The average molecular weight is 313 g/mol. The van der Waals surface area contributed by atoms with Crippen LogP contribution in [-0.2, 0) is 0 Å². The number of amides is 1. The van der Waals surface area contributed by atoms with Crippen molar-refractivity contribution < 1.29 is 9.90 Å². The Bertz CT molecular complexity index is 676. The minimum absolute atomic E-state index is 0.0688. The standard InChI is InChI=1S/C18H23N3O2/c1-2-14(22)13-20-9-11-21(12-10-20)18(23)16-5-3-7-17-15(16)6-4-8-19-17/h3-8,14,22H,2,9-13H2,1H3/t14-/m1/s1. The minimum atomic E-state index is -0.276. The van der Waals surface area contributed by atoms with Crippen LogP contribution in [0.4, 0.5) is 0 Å². The van der Waals surface area contributed by atoms with Gasteiger partial charge in [-0.2, -0.15) is 0 Å². The normalized spacial score (nSPS) is 17.4.